The van der Waals surface area contributed by atoms with Gasteiger partial charge < -0.3 is 5.11 Å². The maximum absolute atomic E-state index is 8.99. The van der Waals surface area contributed by atoms with Crippen LogP contribution in [-0.2, 0) is 6.54 Å². The van der Waals surface area contributed by atoms with E-state index in [1.54, 1.807) is 0 Å². The van der Waals surface area contributed by atoms with Gasteiger partial charge in [-0.05, 0) is 30.3 Å². The molecule has 1 fully saturated rings. The Morgan fingerprint density at radius 3 is 3.15 bits per heavy atom. The molecule has 0 aliphatic carbocycles. The van der Waals surface area contributed by atoms with Gasteiger partial charge >= 0.3 is 0 Å². The first-order chi connectivity index (χ1) is 6.38. The van der Waals surface area contributed by atoms with E-state index in [4.69, 9.17) is 5.11 Å². The van der Waals surface area contributed by atoms with Gasteiger partial charge in [-0.2, -0.15) is 0 Å². The van der Waals surface area contributed by atoms with Crippen molar-refractivity contribution in [2.45, 2.75) is 13.0 Å². The molecule has 0 saturated carbocycles. The highest BCUT2D eigenvalue weighted by atomic mass is 32.1. The lowest BCUT2D eigenvalue weighted by Gasteiger charge is -2.13. The van der Waals surface area contributed by atoms with E-state index in [9.17, 15) is 0 Å². The van der Waals surface area contributed by atoms with Crippen LogP contribution in [0.5, 0.6) is 0 Å². The number of aliphatic hydroxyl groups excluding tert-OH is 1. The molecule has 2 heterocycles. The molecule has 1 aromatic heterocycles. The maximum atomic E-state index is 8.99. The number of likely N-dealkylation sites (tertiary alicyclic amines) is 1. The van der Waals surface area contributed by atoms with Crippen LogP contribution in [0, 0.1) is 5.92 Å². The highest BCUT2D eigenvalue weighted by Crippen LogP contribution is 2.19. The van der Waals surface area contributed by atoms with Crippen molar-refractivity contribution in [3.05, 3.63) is 22.4 Å². The Bertz CT molecular complexity index is 247. The SMILES string of the molecule is OCC1CCN(Cc2cccs2)C1. The Hall–Kier alpha value is -0.380. The Balaban J connectivity index is 1.84. The van der Waals surface area contributed by atoms with Crippen LogP contribution < -0.4 is 0 Å². The molecule has 0 bridgehead atoms. The molecule has 1 aliphatic rings. The Morgan fingerprint density at radius 1 is 1.62 bits per heavy atom. The van der Waals surface area contributed by atoms with Crippen LogP contribution in [0.25, 0.3) is 0 Å². The Morgan fingerprint density at radius 2 is 2.54 bits per heavy atom. The van der Waals surface area contributed by atoms with Crippen LogP contribution in [0.4, 0.5) is 0 Å². The standard InChI is InChI=1S/C10H15NOS/c12-8-9-3-4-11(6-9)7-10-2-1-5-13-10/h1-2,5,9,12H,3-4,6-8H2. The fourth-order valence-corrected chi connectivity index (χ4v) is 2.57. The lowest BCUT2D eigenvalue weighted by atomic mass is 10.1. The van der Waals surface area contributed by atoms with Crippen molar-refractivity contribution in [1.29, 1.82) is 0 Å². The molecule has 1 saturated heterocycles. The average molecular weight is 197 g/mol. The second-order valence-electron chi connectivity index (χ2n) is 3.65. The first kappa shape index (κ1) is 9.19. The molecule has 1 unspecified atom stereocenters. The van der Waals surface area contributed by atoms with Crippen molar-refractivity contribution < 1.29 is 5.11 Å². The number of aliphatic hydroxyl groups is 1. The molecule has 0 amide bonds. The molecule has 2 nitrogen and oxygen atoms in total. The van der Waals surface area contributed by atoms with E-state index in [0.717, 1.165) is 26.1 Å². The Labute approximate surface area is 82.8 Å². The Kier molecular flexibility index (Phi) is 2.98. The number of thiophene rings is 1. The second-order valence-corrected chi connectivity index (χ2v) is 4.68. The van der Waals surface area contributed by atoms with Crippen LogP contribution in [0.1, 0.15) is 11.3 Å². The zero-order valence-corrected chi connectivity index (χ0v) is 8.46. The molecular formula is C10H15NOS. The molecule has 0 aromatic carbocycles. The van der Waals surface area contributed by atoms with E-state index < -0.39 is 0 Å². The summed E-state index contributed by atoms with van der Waals surface area (Å²) >= 11 is 1.81. The third-order valence-electron chi connectivity index (χ3n) is 2.59. The van der Waals surface area contributed by atoms with E-state index in [1.165, 1.54) is 4.88 Å². The summed E-state index contributed by atoms with van der Waals surface area (Å²) in [6.07, 6.45) is 1.15. The highest BCUT2D eigenvalue weighted by molar-refractivity contribution is 7.09. The molecule has 1 aliphatic heterocycles. The van der Waals surface area contributed by atoms with Gasteiger partial charge in [-0.1, -0.05) is 6.07 Å². The van der Waals surface area contributed by atoms with Gasteiger partial charge in [-0.3, -0.25) is 4.90 Å². The molecule has 3 heteroatoms. The zero-order chi connectivity index (χ0) is 9.10. The summed E-state index contributed by atoms with van der Waals surface area (Å²) in [6, 6.07) is 4.27. The largest absolute Gasteiger partial charge is 0.396 e. The predicted molar refractivity (Wildman–Crippen MR) is 54.8 cm³/mol. The third-order valence-corrected chi connectivity index (χ3v) is 3.45. The normalized spacial score (nSPS) is 23.9. The zero-order valence-electron chi connectivity index (χ0n) is 7.65. The van der Waals surface area contributed by atoms with Gasteiger partial charge in [0.1, 0.15) is 0 Å². The number of nitrogens with zero attached hydrogens (tertiary/aromatic N) is 1. The van der Waals surface area contributed by atoms with Gasteiger partial charge in [-0.25, -0.2) is 0 Å². The van der Waals surface area contributed by atoms with Crippen LogP contribution in [0.15, 0.2) is 17.5 Å². The summed E-state index contributed by atoms with van der Waals surface area (Å²) in [5.74, 6) is 0.514. The van der Waals surface area contributed by atoms with Crippen LogP contribution >= 0.6 is 11.3 Å². The second kappa shape index (κ2) is 4.22. The topological polar surface area (TPSA) is 23.5 Å². The van der Waals surface area contributed by atoms with E-state index in [0.29, 0.717) is 12.5 Å². The molecule has 0 spiro atoms. The summed E-state index contributed by atoms with van der Waals surface area (Å²) in [7, 11) is 0. The van der Waals surface area contributed by atoms with E-state index in [2.05, 4.69) is 22.4 Å². The van der Waals surface area contributed by atoms with Crippen LogP contribution in [-0.4, -0.2) is 29.7 Å². The predicted octanol–water partition coefficient (Wildman–Crippen LogP) is 1.56. The van der Waals surface area contributed by atoms with Crippen molar-refractivity contribution in [2.75, 3.05) is 19.7 Å². The third kappa shape index (κ3) is 2.30. The first-order valence-corrected chi connectivity index (χ1v) is 5.62. The molecule has 72 valence electrons. The van der Waals surface area contributed by atoms with E-state index in [1.807, 2.05) is 11.3 Å². The van der Waals surface area contributed by atoms with Gasteiger partial charge in [0.15, 0.2) is 0 Å². The fraction of sp³-hybridized carbons (Fsp3) is 0.600. The van der Waals surface area contributed by atoms with Crippen molar-refractivity contribution in [2.24, 2.45) is 5.92 Å². The average Bonchev–Trinajstić information content (AvgIpc) is 2.76. The minimum atomic E-state index is 0.348. The number of hydrogen-bond donors (Lipinski definition) is 1. The molecule has 1 atom stereocenters. The monoisotopic (exact) mass is 197 g/mol. The maximum Gasteiger partial charge on any atom is 0.0471 e. The van der Waals surface area contributed by atoms with Gasteiger partial charge in [0.25, 0.3) is 0 Å². The van der Waals surface area contributed by atoms with Crippen molar-refractivity contribution >= 4 is 11.3 Å². The summed E-state index contributed by atoms with van der Waals surface area (Å²) in [5, 5.41) is 11.1. The molecule has 13 heavy (non-hydrogen) atoms. The lowest BCUT2D eigenvalue weighted by molar-refractivity contribution is 0.220. The summed E-state index contributed by atoms with van der Waals surface area (Å²) in [6.45, 7) is 3.62. The molecule has 2 rings (SSSR count). The molecule has 1 N–H and O–H groups in total. The highest BCUT2D eigenvalue weighted by Gasteiger charge is 2.21. The minimum absolute atomic E-state index is 0.348. The molecule has 0 radical (unpaired) electrons. The van der Waals surface area contributed by atoms with Crippen LogP contribution in [0.3, 0.4) is 0 Å². The molecular weight excluding hydrogens is 182 g/mol. The first-order valence-electron chi connectivity index (χ1n) is 4.74. The fourth-order valence-electron chi connectivity index (χ4n) is 1.83. The minimum Gasteiger partial charge on any atom is -0.396 e. The lowest BCUT2D eigenvalue weighted by Crippen LogP contribution is -2.20. The van der Waals surface area contributed by atoms with Crippen molar-refractivity contribution in [3.63, 3.8) is 0 Å². The van der Waals surface area contributed by atoms with E-state index >= 15 is 0 Å². The number of rotatable bonds is 3. The smallest absolute Gasteiger partial charge is 0.0471 e. The summed E-state index contributed by atoms with van der Waals surface area (Å²) < 4.78 is 0. The quantitative estimate of drug-likeness (QED) is 0.795. The summed E-state index contributed by atoms with van der Waals surface area (Å²) in [5.41, 5.74) is 0. The van der Waals surface area contributed by atoms with Gasteiger partial charge in [-0.15, -0.1) is 11.3 Å². The van der Waals surface area contributed by atoms with Crippen LogP contribution in [0.2, 0.25) is 0 Å². The van der Waals surface area contributed by atoms with Crippen molar-refractivity contribution in [3.8, 4) is 0 Å². The van der Waals surface area contributed by atoms with Crippen molar-refractivity contribution in [1.82, 2.24) is 4.90 Å². The van der Waals surface area contributed by atoms with E-state index in [-0.39, 0.29) is 0 Å². The van der Waals surface area contributed by atoms with Gasteiger partial charge in [0, 0.05) is 24.6 Å². The summed E-state index contributed by atoms with van der Waals surface area (Å²) in [4.78, 5) is 3.85. The molecule has 1 aromatic rings. The van der Waals surface area contributed by atoms with Gasteiger partial charge in [0.05, 0.1) is 0 Å². The number of hydrogen-bond acceptors (Lipinski definition) is 3. The van der Waals surface area contributed by atoms with Gasteiger partial charge in [0.2, 0.25) is 0 Å².